The van der Waals surface area contributed by atoms with E-state index in [9.17, 15) is 18.0 Å². The lowest BCUT2D eigenvalue weighted by Gasteiger charge is -2.26. The van der Waals surface area contributed by atoms with Gasteiger partial charge in [-0.15, -0.1) is 5.10 Å². The highest BCUT2D eigenvalue weighted by Gasteiger charge is 2.26. The molecule has 1 saturated heterocycles. The maximum absolute atomic E-state index is 12.6. The van der Waals surface area contributed by atoms with Crippen LogP contribution in [0.2, 0.25) is 0 Å². The van der Waals surface area contributed by atoms with Gasteiger partial charge >= 0.3 is 5.69 Å². The van der Waals surface area contributed by atoms with Crippen molar-refractivity contribution in [3.05, 3.63) is 40.3 Å². The Bertz CT molecular complexity index is 1010. The molecule has 3 rings (SSSR count). The molecule has 0 atom stereocenters. The summed E-state index contributed by atoms with van der Waals surface area (Å²) >= 11 is 1.19. The molecule has 1 fully saturated rings. The van der Waals surface area contributed by atoms with Gasteiger partial charge in [-0.05, 0) is 24.1 Å². The predicted octanol–water partition coefficient (Wildman–Crippen LogP) is 0.411. The summed E-state index contributed by atoms with van der Waals surface area (Å²) in [5.74, 6) is -0.0826. The molecule has 2 heterocycles. The van der Waals surface area contributed by atoms with E-state index in [1.54, 1.807) is 24.3 Å². The van der Waals surface area contributed by atoms with Gasteiger partial charge in [0.25, 0.3) is 0 Å². The van der Waals surface area contributed by atoms with E-state index in [4.69, 9.17) is 4.74 Å². The Balaban J connectivity index is 1.51. The second-order valence-electron chi connectivity index (χ2n) is 6.69. The number of rotatable bonds is 9. The van der Waals surface area contributed by atoms with Gasteiger partial charge in [0.2, 0.25) is 15.9 Å². The number of amides is 1. The molecule has 12 heteroatoms. The molecule has 164 valence electrons. The predicted molar refractivity (Wildman–Crippen MR) is 112 cm³/mol. The zero-order chi connectivity index (χ0) is 21.6. The highest BCUT2D eigenvalue weighted by atomic mass is 32.2. The van der Waals surface area contributed by atoms with Crippen molar-refractivity contribution in [2.24, 2.45) is 0 Å². The molecule has 1 aliphatic heterocycles. The molecule has 0 radical (unpaired) electrons. The van der Waals surface area contributed by atoms with Crippen LogP contribution in [0.25, 0.3) is 0 Å². The van der Waals surface area contributed by atoms with Crippen LogP contribution in [0, 0.1) is 0 Å². The van der Waals surface area contributed by atoms with Crippen molar-refractivity contribution >= 4 is 27.7 Å². The Hall–Kier alpha value is -2.15. The molecule has 0 unspecified atom stereocenters. The average Bonchev–Trinajstić information content (AvgIpc) is 3.11. The van der Waals surface area contributed by atoms with Crippen LogP contribution < -0.4 is 11.0 Å². The van der Waals surface area contributed by atoms with Crippen molar-refractivity contribution in [2.45, 2.75) is 36.5 Å². The molecule has 1 amide bonds. The highest BCUT2D eigenvalue weighted by Crippen LogP contribution is 2.18. The third kappa shape index (κ3) is 5.50. The number of aromatic amines is 1. The van der Waals surface area contributed by atoms with E-state index in [0.29, 0.717) is 38.0 Å². The van der Waals surface area contributed by atoms with Gasteiger partial charge in [-0.1, -0.05) is 30.8 Å². The molecule has 0 aliphatic carbocycles. The minimum absolute atomic E-state index is 0.123. The standard InChI is InChI=1S/C18H25N5O5S2/c1-2-7-23-17(25)20-21-18(23)29-13-16(24)19-12-14-3-5-15(6-4-14)30(26,27)22-8-10-28-11-9-22/h3-6H,2,7-13H2,1H3,(H,19,24)(H,20,25). The fraction of sp³-hybridized carbons (Fsp3) is 0.500. The van der Waals surface area contributed by atoms with E-state index in [0.717, 1.165) is 12.0 Å². The third-order valence-corrected chi connectivity index (χ3v) is 7.41. The van der Waals surface area contributed by atoms with Gasteiger partial charge in [0.15, 0.2) is 5.16 Å². The fourth-order valence-corrected chi connectivity index (χ4v) is 5.14. The monoisotopic (exact) mass is 455 g/mol. The molecule has 30 heavy (non-hydrogen) atoms. The number of sulfonamides is 1. The van der Waals surface area contributed by atoms with Crippen molar-refractivity contribution in [1.82, 2.24) is 24.4 Å². The Labute approximate surface area is 179 Å². The summed E-state index contributed by atoms with van der Waals surface area (Å²) in [4.78, 5) is 24.0. The molecule has 2 aromatic rings. The lowest BCUT2D eigenvalue weighted by Crippen LogP contribution is -2.40. The third-order valence-electron chi connectivity index (χ3n) is 4.52. The number of thioether (sulfide) groups is 1. The van der Waals surface area contributed by atoms with Crippen molar-refractivity contribution in [3.63, 3.8) is 0 Å². The van der Waals surface area contributed by atoms with Gasteiger partial charge in [0, 0.05) is 26.2 Å². The maximum atomic E-state index is 12.6. The number of morpholine rings is 1. The van der Waals surface area contributed by atoms with Gasteiger partial charge < -0.3 is 10.1 Å². The van der Waals surface area contributed by atoms with Crippen LogP contribution in [0.3, 0.4) is 0 Å². The normalized spacial score (nSPS) is 15.2. The Morgan fingerprint density at radius 2 is 1.97 bits per heavy atom. The Morgan fingerprint density at radius 1 is 1.27 bits per heavy atom. The van der Waals surface area contributed by atoms with Gasteiger partial charge in [0.05, 0.1) is 23.9 Å². The summed E-state index contributed by atoms with van der Waals surface area (Å²) in [5, 5.41) is 9.59. The minimum atomic E-state index is -3.53. The molecule has 1 aromatic heterocycles. The molecule has 1 aliphatic rings. The van der Waals surface area contributed by atoms with Crippen molar-refractivity contribution < 1.29 is 17.9 Å². The van der Waals surface area contributed by atoms with Crippen LogP contribution in [0.15, 0.2) is 39.1 Å². The van der Waals surface area contributed by atoms with E-state index in [1.165, 1.54) is 20.6 Å². The van der Waals surface area contributed by atoms with E-state index in [1.807, 2.05) is 6.92 Å². The zero-order valence-electron chi connectivity index (χ0n) is 16.7. The number of carbonyl (C=O) groups is 1. The first-order valence-electron chi connectivity index (χ1n) is 9.63. The summed E-state index contributed by atoms with van der Waals surface area (Å²) in [7, 11) is -3.53. The summed E-state index contributed by atoms with van der Waals surface area (Å²) in [6.45, 7) is 4.26. The number of nitrogens with one attached hydrogen (secondary N) is 2. The number of benzene rings is 1. The van der Waals surface area contributed by atoms with Crippen molar-refractivity contribution in [1.29, 1.82) is 0 Å². The fourth-order valence-electron chi connectivity index (χ4n) is 2.93. The molecule has 0 saturated carbocycles. The van der Waals surface area contributed by atoms with Crippen LogP contribution in [-0.4, -0.2) is 65.5 Å². The number of aromatic nitrogens is 3. The number of H-pyrrole nitrogens is 1. The minimum Gasteiger partial charge on any atom is -0.379 e. The second kappa shape index (κ2) is 10.2. The largest absolute Gasteiger partial charge is 0.379 e. The lowest BCUT2D eigenvalue weighted by molar-refractivity contribution is -0.118. The number of hydrogen-bond acceptors (Lipinski definition) is 7. The first kappa shape index (κ1) is 22.5. The number of nitrogens with zero attached hydrogens (tertiary/aromatic N) is 3. The van der Waals surface area contributed by atoms with E-state index in [2.05, 4.69) is 15.5 Å². The SMILES string of the molecule is CCCn1c(SCC(=O)NCc2ccc(S(=O)(=O)N3CCOCC3)cc2)n[nH]c1=O. The number of carbonyl (C=O) groups excluding carboxylic acids is 1. The Kier molecular flexibility index (Phi) is 7.69. The smallest absolute Gasteiger partial charge is 0.343 e. The van der Waals surface area contributed by atoms with Gasteiger partial charge in [0.1, 0.15) is 0 Å². The lowest BCUT2D eigenvalue weighted by atomic mass is 10.2. The molecular formula is C18H25N5O5S2. The first-order valence-corrected chi connectivity index (χ1v) is 12.1. The molecule has 0 bridgehead atoms. The van der Waals surface area contributed by atoms with Gasteiger partial charge in [-0.2, -0.15) is 4.31 Å². The van der Waals surface area contributed by atoms with Crippen molar-refractivity contribution in [2.75, 3.05) is 32.1 Å². The van der Waals surface area contributed by atoms with Crippen LogP contribution in [0.4, 0.5) is 0 Å². The first-order chi connectivity index (χ1) is 14.4. The highest BCUT2D eigenvalue weighted by molar-refractivity contribution is 7.99. The average molecular weight is 456 g/mol. The zero-order valence-corrected chi connectivity index (χ0v) is 18.3. The summed E-state index contributed by atoms with van der Waals surface area (Å²) in [6, 6.07) is 6.48. The van der Waals surface area contributed by atoms with Crippen LogP contribution >= 0.6 is 11.8 Å². The quantitative estimate of drug-likeness (QED) is 0.525. The summed E-state index contributed by atoms with van der Waals surface area (Å²) < 4.78 is 33.4. The second-order valence-corrected chi connectivity index (χ2v) is 9.57. The molecule has 10 nitrogen and oxygen atoms in total. The van der Waals surface area contributed by atoms with Gasteiger partial charge in [-0.25, -0.2) is 18.3 Å². The van der Waals surface area contributed by atoms with Crippen LogP contribution in [0.1, 0.15) is 18.9 Å². The Morgan fingerprint density at radius 3 is 2.63 bits per heavy atom. The number of hydrogen-bond donors (Lipinski definition) is 2. The molecule has 0 spiro atoms. The topological polar surface area (TPSA) is 126 Å². The van der Waals surface area contributed by atoms with Crippen LogP contribution in [-0.2, 0) is 32.6 Å². The van der Waals surface area contributed by atoms with Crippen molar-refractivity contribution in [3.8, 4) is 0 Å². The van der Waals surface area contributed by atoms with E-state index >= 15 is 0 Å². The van der Waals surface area contributed by atoms with Crippen LogP contribution in [0.5, 0.6) is 0 Å². The van der Waals surface area contributed by atoms with E-state index in [-0.39, 0.29) is 28.8 Å². The summed E-state index contributed by atoms with van der Waals surface area (Å²) in [5.41, 5.74) is 0.504. The summed E-state index contributed by atoms with van der Waals surface area (Å²) in [6.07, 6.45) is 0.788. The number of ether oxygens (including phenoxy) is 1. The molecule has 1 aromatic carbocycles. The molecule has 2 N–H and O–H groups in total. The molecular weight excluding hydrogens is 430 g/mol. The maximum Gasteiger partial charge on any atom is 0.343 e. The van der Waals surface area contributed by atoms with E-state index < -0.39 is 10.0 Å². The van der Waals surface area contributed by atoms with Gasteiger partial charge in [-0.3, -0.25) is 9.36 Å².